The summed E-state index contributed by atoms with van der Waals surface area (Å²) in [7, 11) is 3.36. The quantitative estimate of drug-likeness (QED) is 0.584. The molecule has 0 saturated carbocycles. The number of pyridine rings is 1. The summed E-state index contributed by atoms with van der Waals surface area (Å²) >= 11 is 0. The van der Waals surface area contributed by atoms with Crippen molar-refractivity contribution in [2.24, 2.45) is 0 Å². The summed E-state index contributed by atoms with van der Waals surface area (Å²) in [5.41, 5.74) is 3.13. The molecule has 1 fully saturated rings. The van der Waals surface area contributed by atoms with E-state index in [1.54, 1.807) is 20.4 Å². The largest absolute Gasteiger partial charge is 0.497 e. The van der Waals surface area contributed by atoms with Crippen LogP contribution in [0.4, 0.5) is 0 Å². The van der Waals surface area contributed by atoms with Gasteiger partial charge < -0.3 is 14.8 Å². The summed E-state index contributed by atoms with van der Waals surface area (Å²) in [5, 5.41) is 8.89. The number of piperidine rings is 1. The number of hydrogen-bond acceptors (Lipinski definition) is 6. The average Bonchev–Trinajstić information content (AvgIpc) is 3.18. The number of methoxy groups -OCH3 is 2. The molecule has 1 aliphatic heterocycles. The van der Waals surface area contributed by atoms with Crippen molar-refractivity contribution >= 4 is 16.9 Å². The first-order valence-corrected chi connectivity index (χ1v) is 11.1. The first-order valence-electron chi connectivity index (χ1n) is 11.1. The second kappa shape index (κ2) is 9.99. The molecule has 32 heavy (non-hydrogen) atoms. The predicted octanol–water partition coefficient (Wildman–Crippen LogP) is 2.96. The molecule has 8 nitrogen and oxygen atoms in total. The highest BCUT2D eigenvalue weighted by Gasteiger charge is 2.26. The van der Waals surface area contributed by atoms with E-state index in [1.807, 2.05) is 22.9 Å². The minimum atomic E-state index is -0.0356. The molecule has 0 unspecified atom stereocenters. The van der Waals surface area contributed by atoms with Gasteiger partial charge in [0.2, 0.25) is 5.91 Å². The van der Waals surface area contributed by atoms with Crippen LogP contribution in [0.1, 0.15) is 36.9 Å². The van der Waals surface area contributed by atoms with Crippen LogP contribution in [0.3, 0.4) is 0 Å². The van der Waals surface area contributed by atoms with Crippen LogP contribution in [0.5, 0.6) is 11.5 Å². The standard InChI is InChI=1S/C24H31N5O3/c1-17(30)25-11-13-29-24-21(7-4-10-26-24)23(27-29)19-6-5-12-28(16-19)15-18-8-9-20(31-2)14-22(18)32-3/h4,7-10,14,19H,5-6,11-13,15-16H2,1-3H3,(H,25,30)/t19-/m1/s1. The van der Waals surface area contributed by atoms with Gasteiger partial charge in [-0.15, -0.1) is 0 Å². The van der Waals surface area contributed by atoms with Crippen LogP contribution < -0.4 is 14.8 Å². The molecular formula is C24H31N5O3. The first-order chi connectivity index (χ1) is 15.6. The number of benzene rings is 1. The van der Waals surface area contributed by atoms with Gasteiger partial charge in [-0.1, -0.05) is 6.07 Å². The summed E-state index contributed by atoms with van der Waals surface area (Å²) in [4.78, 5) is 18.3. The number of hydrogen-bond donors (Lipinski definition) is 1. The van der Waals surface area contributed by atoms with Gasteiger partial charge in [0.15, 0.2) is 5.65 Å². The lowest BCUT2D eigenvalue weighted by Gasteiger charge is -2.32. The SMILES string of the molecule is COc1ccc(CN2CCC[C@@H](c3nn(CCNC(C)=O)c4ncccc34)C2)c(OC)c1. The minimum Gasteiger partial charge on any atom is -0.497 e. The van der Waals surface area contributed by atoms with E-state index in [0.717, 1.165) is 66.3 Å². The smallest absolute Gasteiger partial charge is 0.216 e. The Balaban J connectivity index is 1.53. The molecule has 3 heterocycles. The maximum absolute atomic E-state index is 11.2. The fourth-order valence-electron chi connectivity index (χ4n) is 4.47. The number of carbonyl (C=O) groups is 1. The Morgan fingerprint density at radius 3 is 2.91 bits per heavy atom. The lowest BCUT2D eigenvalue weighted by Crippen LogP contribution is -2.34. The van der Waals surface area contributed by atoms with E-state index < -0.39 is 0 Å². The third kappa shape index (κ3) is 4.85. The van der Waals surface area contributed by atoms with Crippen LogP contribution in [0.25, 0.3) is 11.0 Å². The topological polar surface area (TPSA) is 81.5 Å². The third-order valence-corrected chi connectivity index (χ3v) is 6.01. The number of ether oxygens (including phenoxy) is 2. The van der Waals surface area contributed by atoms with Crippen molar-refractivity contribution in [3.63, 3.8) is 0 Å². The van der Waals surface area contributed by atoms with E-state index in [-0.39, 0.29) is 5.91 Å². The van der Waals surface area contributed by atoms with Crippen LogP contribution in [-0.4, -0.2) is 59.4 Å². The van der Waals surface area contributed by atoms with E-state index >= 15 is 0 Å². The molecule has 0 spiro atoms. The van der Waals surface area contributed by atoms with Crippen molar-refractivity contribution in [1.29, 1.82) is 0 Å². The average molecular weight is 438 g/mol. The fourth-order valence-corrected chi connectivity index (χ4v) is 4.47. The Morgan fingerprint density at radius 1 is 1.25 bits per heavy atom. The highest BCUT2D eigenvalue weighted by molar-refractivity contribution is 5.79. The molecule has 1 saturated heterocycles. The van der Waals surface area contributed by atoms with Crippen LogP contribution >= 0.6 is 0 Å². The van der Waals surface area contributed by atoms with Gasteiger partial charge in [0.25, 0.3) is 0 Å². The second-order valence-electron chi connectivity index (χ2n) is 8.22. The molecule has 170 valence electrons. The van der Waals surface area contributed by atoms with Gasteiger partial charge in [0, 0.05) is 55.7 Å². The fraction of sp³-hybridized carbons (Fsp3) is 0.458. The zero-order chi connectivity index (χ0) is 22.5. The van der Waals surface area contributed by atoms with Gasteiger partial charge in [-0.25, -0.2) is 9.67 Å². The minimum absolute atomic E-state index is 0.0356. The maximum atomic E-state index is 11.2. The monoisotopic (exact) mass is 437 g/mol. The van der Waals surface area contributed by atoms with Gasteiger partial charge in [-0.3, -0.25) is 9.69 Å². The highest BCUT2D eigenvalue weighted by atomic mass is 16.5. The summed E-state index contributed by atoms with van der Waals surface area (Å²) in [6, 6.07) is 10.1. The number of likely N-dealkylation sites (tertiary alicyclic amines) is 1. The molecule has 2 aromatic heterocycles. The zero-order valence-corrected chi connectivity index (χ0v) is 19.0. The first kappa shape index (κ1) is 22.1. The lowest BCUT2D eigenvalue weighted by atomic mass is 9.93. The number of fused-ring (bicyclic) bond motifs is 1. The normalized spacial score (nSPS) is 16.8. The second-order valence-corrected chi connectivity index (χ2v) is 8.22. The Kier molecular flexibility index (Phi) is 6.90. The third-order valence-electron chi connectivity index (χ3n) is 6.01. The summed E-state index contributed by atoms with van der Waals surface area (Å²) in [5.74, 6) is 1.95. The number of amides is 1. The number of rotatable bonds is 8. The Labute approximate surface area is 188 Å². The molecule has 3 aromatic rings. The molecule has 1 atom stereocenters. The van der Waals surface area contributed by atoms with Crippen LogP contribution in [0.2, 0.25) is 0 Å². The molecule has 1 aromatic carbocycles. The number of nitrogens with zero attached hydrogens (tertiary/aromatic N) is 4. The molecule has 4 rings (SSSR count). The Hall–Kier alpha value is -3.13. The van der Waals surface area contributed by atoms with Crippen molar-refractivity contribution in [1.82, 2.24) is 25.0 Å². The highest BCUT2D eigenvalue weighted by Crippen LogP contribution is 2.33. The number of aromatic nitrogens is 3. The van der Waals surface area contributed by atoms with E-state index in [1.165, 1.54) is 6.92 Å². The van der Waals surface area contributed by atoms with E-state index in [4.69, 9.17) is 14.6 Å². The summed E-state index contributed by atoms with van der Waals surface area (Å²) in [6.07, 6.45) is 4.01. The van der Waals surface area contributed by atoms with Crippen LogP contribution in [0, 0.1) is 0 Å². The van der Waals surface area contributed by atoms with Crippen LogP contribution in [-0.2, 0) is 17.9 Å². The molecule has 0 bridgehead atoms. The molecular weight excluding hydrogens is 406 g/mol. The number of nitrogens with one attached hydrogen (secondary N) is 1. The lowest BCUT2D eigenvalue weighted by molar-refractivity contribution is -0.118. The molecule has 1 N–H and O–H groups in total. The van der Waals surface area contributed by atoms with E-state index in [2.05, 4.69) is 27.3 Å². The van der Waals surface area contributed by atoms with Gasteiger partial charge in [0.1, 0.15) is 11.5 Å². The van der Waals surface area contributed by atoms with Crippen molar-refractivity contribution in [2.45, 2.75) is 38.8 Å². The Bertz CT molecular complexity index is 1080. The van der Waals surface area contributed by atoms with Crippen molar-refractivity contribution in [2.75, 3.05) is 33.9 Å². The van der Waals surface area contributed by atoms with Gasteiger partial charge in [-0.05, 0) is 37.6 Å². The molecule has 0 radical (unpaired) electrons. The summed E-state index contributed by atoms with van der Waals surface area (Å²) < 4.78 is 12.8. The van der Waals surface area contributed by atoms with Crippen molar-refractivity contribution in [3.8, 4) is 11.5 Å². The van der Waals surface area contributed by atoms with E-state index in [9.17, 15) is 4.79 Å². The molecule has 8 heteroatoms. The van der Waals surface area contributed by atoms with Crippen molar-refractivity contribution < 1.29 is 14.3 Å². The predicted molar refractivity (Wildman–Crippen MR) is 123 cm³/mol. The zero-order valence-electron chi connectivity index (χ0n) is 19.0. The van der Waals surface area contributed by atoms with Gasteiger partial charge in [-0.2, -0.15) is 5.10 Å². The van der Waals surface area contributed by atoms with E-state index in [0.29, 0.717) is 19.0 Å². The van der Waals surface area contributed by atoms with Crippen LogP contribution in [0.15, 0.2) is 36.5 Å². The molecule has 1 aliphatic rings. The van der Waals surface area contributed by atoms with Crippen molar-refractivity contribution in [3.05, 3.63) is 47.8 Å². The number of carbonyl (C=O) groups excluding carboxylic acids is 1. The summed E-state index contributed by atoms with van der Waals surface area (Å²) in [6.45, 7) is 5.47. The molecule has 1 amide bonds. The Morgan fingerprint density at radius 2 is 2.12 bits per heavy atom. The molecule has 0 aliphatic carbocycles. The van der Waals surface area contributed by atoms with Gasteiger partial charge in [0.05, 0.1) is 26.5 Å². The maximum Gasteiger partial charge on any atom is 0.216 e. The van der Waals surface area contributed by atoms with Gasteiger partial charge >= 0.3 is 0 Å².